The molecule has 0 bridgehead atoms. The van der Waals surface area contributed by atoms with Crippen molar-refractivity contribution < 1.29 is 35.5 Å². The van der Waals surface area contributed by atoms with Crippen LogP contribution in [0, 0.1) is 7.14 Å². The number of rotatable bonds is 17. The van der Waals surface area contributed by atoms with Gasteiger partial charge in [0, 0.05) is 0 Å². The first kappa shape index (κ1) is 26.7. The van der Waals surface area contributed by atoms with Crippen LogP contribution in [-0.4, -0.2) is 18.7 Å². The fourth-order valence-corrected chi connectivity index (χ4v) is 5.87. The maximum atomic E-state index is 11.5. The number of carbonyl (C=O) groups excluding carboxylic acids is 1. The number of carbonyl (C=O) groups is 1. The van der Waals surface area contributed by atoms with Gasteiger partial charge >= 0.3 is 161 Å². The van der Waals surface area contributed by atoms with E-state index in [2.05, 4.69) is 49.4 Å². The van der Waals surface area contributed by atoms with Crippen LogP contribution in [0.1, 0.15) is 84.5 Å². The Labute approximate surface area is 205 Å². The fourth-order valence-electron chi connectivity index (χ4n) is 3.66. The second kappa shape index (κ2) is 17.0. The van der Waals surface area contributed by atoms with Crippen molar-refractivity contribution in [3.8, 4) is 5.75 Å². The summed E-state index contributed by atoms with van der Waals surface area (Å²) in [6, 6.07) is 19.0. The Kier molecular flexibility index (Phi) is 14.2. The van der Waals surface area contributed by atoms with E-state index in [1.165, 1.54) is 71.9 Å². The zero-order valence-electron chi connectivity index (χ0n) is 19.9. The van der Waals surface area contributed by atoms with Crippen molar-refractivity contribution in [1.82, 2.24) is 0 Å². The van der Waals surface area contributed by atoms with Crippen LogP contribution in [0.4, 0.5) is 0 Å². The Balaban J connectivity index is 1.64. The molecule has 0 radical (unpaired) electrons. The van der Waals surface area contributed by atoms with Gasteiger partial charge in [-0.05, 0) is 0 Å². The van der Waals surface area contributed by atoms with Gasteiger partial charge in [0.15, 0.2) is 0 Å². The molecule has 0 aliphatic rings. The summed E-state index contributed by atoms with van der Waals surface area (Å²) < 4.78 is 14.2. The third kappa shape index (κ3) is 12.5. The standard InChI is InChI=1S/C28H40IO3/c1-3-4-5-6-7-8-9-10-11-15-18-28(32-24(2)30)23-31-27-21-19-26(20-22-27)29-25-16-13-12-14-17-25/h12-14,16-17,19-22,28H,3-11,15,18,23H2,1-2H3/q-1. The summed E-state index contributed by atoms with van der Waals surface area (Å²) in [6.07, 6.45) is 13.7. The molecule has 3 nitrogen and oxygen atoms in total. The van der Waals surface area contributed by atoms with Gasteiger partial charge in [0.25, 0.3) is 0 Å². The monoisotopic (exact) mass is 551 g/mol. The van der Waals surface area contributed by atoms with Crippen LogP contribution in [0.2, 0.25) is 0 Å². The van der Waals surface area contributed by atoms with Crippen LogP contribution in [-0.2, 0) is 9.53 Å². The normalized spacial score (nSPS) is 11.9. The molecule has 0 saturated heterocycles. The Bertz CT molecular complexity index is 730. The molecule has 0 N–H and O–H groups in total. The number of ether oxygens (including phenoxy) is 2. The Morgan fingerprint density at radius 3 is 1.94 bits per heavy atom. The number of hydrogen-bond acceptors (Lipinski definition) is 3. The summed E-state index contributed by atoms with van der Waals surface area (Å²) in [6.45, 7) is 4.16. The molecule has 2 rings (SSSR count). The van der Waals surface area contributed by atoms with Gasteiger partial charge in [0.1, 0.15) is 0 Å². The second-order valence-electron chi connectivity index (χ2n) is 8.36. The molecule has 0 aliphatic carbocycles. The van der Waals surface area contributed by atoms with Crippen LogP contribution in [0.5, 0.6) is 5.75 Å². The van der Waals surface area contributed by atoms with Gasteiger partial charge in [0.05, 0.1) is 0 Å². The molecule has 0 spiro atoms. The zero-order valence-corrected chi connectivity index (χ0v) is 22.0. The Morgan fingerprint density at radius 1 is 0.781 bits per heavy atom. The predicted molar refractivity (Wildman–Crippen MR) is 128 cm³/mol. The van der Waals surface area contributed by atoms with Crippen molar-refractivity contribution in [3.63, 3.8) is 0 Å². The SMILES string of the molecule is CCCCCCCCCCCCC(COc1ccc([I-]c2ccccc2)cc1)OC(C)=O. The van der Waals surface area contributed by atoms with Gasteiger partial charge in [-0.15, -0.1) is 0 Å². The quantitative estimate of drug-likeness (QED) is 0.166. The molecule has 32 heavy (non-hydrogen) atoms. The molecule has 0 fully saturated rings. The summed E-state index contributed by atoms with van der Waals surface area (Å²) >= 11 is -0.164. The first-order valence-corrected chi connectivity index (χ1v) is 14.4. The van der Waals surface area contributed by atoms with Gasteiger partial charge in [-0.1, -0.05) is 45.4 Å². The van der Waals surface area contributed by atoms with Gasteiger partial charge in [-0.25, -0.2) is 0 Å². The average Bonchev–Trinajstić information content (AvgIpc) is 2.80. The molecule has 2 aromatic carbocycles. The van der Waals surface area contributed by atoms with E-state index < -0.39 is 0 Å². The number of hydrogen-bond donors (Lipinski definition) is 0. The molecule has 2 aromatic rings. The van der Waals surface area contributed by atoms with E-state index in [0.29, 0.717) is 6.61 Å². The molecule has 0 aromatic heterocycles. The van der Waals surface area contributed by atoms with E-state index in [0.717, 1.165) is 18.6 Å². The topological polar surface area (TPSA) is 35.5 Å². The van der Waals surface area contributed by atoms with Crippen molar-refractivity contribution in [2.45, 2.75) is 90.6 Å². The minimum absolute atomic E-state index is 0.164. The van der Waals surface area contributed by atoms with Crippen molar-refractivity contribution in [1.29, 1.82) is 0 Å². The molecule has 0 aliphatic heterocycles. The van der Waals surface area contributed by atoms with Gasteiger partial charge < -0.3 is 0 Å². The number of benzene rings is 2. The predicted octanol–water partition coefficient (Wildman–Crippen LogP) is 4.44. The maximum absolute atomic E-state index is 11.5. The van der Waals surface area contributed by atoms with Crippen LogP contribution in [0.15, 0.2) is 54.6 Å². The second-order valence-corrected chi connectivity index (χ2v) is 11.4. The number of unbranched alkanes of at least 4 members (excludes halogenated alkanes) is 9. The molecule has 0 heterocycles. The van der Waals surface area contributed by atoms with Gasteiger partial charge in [-0.3, -0.25) is 0 Å². The van der Waals surface area contributed by atoms with E-state index in [1.54, 1.807) is 0 Å². The van der Waals surface area contributed by atoms with E-state index in [-0.39, 0.29) is 33.3 Å². The molecule has 178 valence electrons. The minimum atomic E-state index is -0.228. The number of halogens is 1. The molecule has 0 saturated carbocycles. The number of esters is 1. The summed E-state index contributed by atoms with van der Waals surface area (Å²) in [5, 5.41) is 0. The van der Waals surface area contributed by atoms with Crippen LogP contribution in [0.25, 0.3) is 0 Å². The third-order valence-electron chi connectivity index (χ3n) is 5.41. The van der Waals surface area contributed by atoms with E-state index in [4.69, 9.17) is 9.47 Å². The summed E-state index contributed by atoms with van der Waals surface area (Å²) in [4.78, 5) is 11.5. The average molecular weight is 552 g/mol. The van der Waals surface area contributed by atoms with Crippen LogP contribution in [0.3, 0.4) is 0 Å². The fraction of sp³-hybridized carbons (Fsp3) is 0.536. The van der Waals surface area contributed by atoms with Crippen molar-refractivity contribution in [3.05, 3.63) is 61.7 Å². The van der Waals surface area contributed by atoms with Gasteiger partial charge in [0.2, 0.25) is 0 Å². The Hall–Kier alpha value is -1.56. The zero-order chi connectivity index (χ0) is 22.9. The molecular formula is C28H40IO3-. The van der Waals surface area contributed by atoms with Crippen LogP contribution >= 0.6 is 0 Å². The van der Waals surface area contributed by atoms with Gasteiger partial charge in [-0.2, -0.15) is 0 Å². The third-order valence-corrected chi connectivity index (χ3v) is 8.10. The summed E-state index contributed by atoms with van der Waals surface area (Å²) in [5.41, 5.74) is 0. The molecule has 0 amide bonds. The van der Waals surface area contributed by atoms with Crippen molar-refractivity contribution in [2.75, 3.05) is 6.61 Å². The Morgan fingerprint density at radius 2 is 1.34 bits per heavy atom. The first-order chi connectivity index (χ1) is 15.7. The van der Waals surface area contributed by atoms with E-state index in [9.17, 15) is 4.79 Å². The molecule has 1 unspecified atom stereocenters. The molecule has 1 atom stereocenters. The van der Waals surface area contributed by atoms with Crippen LogP contribution < -0.4 is 25.9 Å². The van der Waals surface area contributed by atoms with Crippen molar-refractivity contribution in [2.24, 2.45) is 0 Å². The summed E-state index contributed by atoms with van der Waals surface area (Å²) in [5.74, 6) is 0.611. The van der Waals surface area contributed by atoms with Crippen molar-refractivity contribution >= 4 is 5.97 Å². The van der Waals surface area contributed by atoms with E-state index >= 15 is 0 Å². The first-order valence-electron chi connectivity index (χ1n) is 12.3. The summed E-state index contributed by atoms with van der Waals surface area (Å²) in [7, 11) is 0. The molecular weight excluding hydrogens is 511 g/mol. The molecule has 4 heteroatoms. The van der Waals surface area contributed by atoms with E-state index in [1.807, 2.05) is 12.1 Å².